The summed E-state index contributed by atoms with van der Waals surface area (Å²) >= 11 is 0.880. The maximum atomic E-state index is 13.4. The van der Waals surface area contributed by atoms with E-state index in [1.54, 1.807) is 25.4 Å². The van der Waals surface area contributed by atoms with Crippen molar-refractivity contribution in [1.29, 1.82) is 0 Å². The summed E-state index contributed by atoms with van der Waals surface area (Å²) in [5.41, 5.74) is 0.519. The zero-order chi connectivity index (χ0) is 22.6. The first-order valence-electron chi connectivity index (χ1n) is 9.63. The van der Waals surface area contributed by atoms with Crippen molar-refractivity contribution in [2.75, 3.05) is 32.0 Å². The van der Waals surface area contributed by atoms with Crippen molar-refractivity contribution in [2.45, 2.75) is 19.3 Å². The molecule has 0 radical (unpaired) electrons. The maximum Gasteiger partial charge on any atom is 0.373 e. The van der Waals surface area contributed by atoms with Crippen LogP contribution in [0, 0.1) is 0 Å². The Kier molecular flexibility index (Phi) is 7.26. The Labute approximate surface area is 185 Å². The van der Waals surface area contributed by atoms with E-state index in [2.05, 4.69) is 9.46 Å². The highest BCUT2D eigenvalue weighted by Crippen LogP contribution is 2.43. The predicted octanol–water partition coefficient (Wildman–Crippen LogP) is 3.81. The predicted molar refractivity (Wildman–Crippen MR) is 120 cm³/mol. The number of aryl methyl sites for hydroxylation is 1. The Morgan fingerprint density at radius 2 is 1.84 bits per heavy atom. The summed E-state index contributed by atoms with van der Waals surface area (Å²) in [5, 5.41) is 3.48. The first-order chi connectivity index (χ1) is 14.8. The average molecular weight is 468 g/mol. The molecular formula is C20H25N3O6S2. The third kappa shape index (κ3) is 4.87. The molecule has 1 aromatic heterocycles. The number of rotatable bonds is 6. The van der Waals surface area contributed by atoms with Gasteiger partial charge in [0.2, 0.25) is 11.7 Å². The van der Waals surface area contributed by atoms with Crippen LogP contribution in [-0.4, -0.2) is 57.1 Å². The first-order valence-corrected chi connectivity index (χ1v) is 12.7. The molecule has 0 unspecified atom stereocenters. The fourth-order valence-electron chi connectivity index (χ4n) is 3.35. The minimum absolute atomic E-state index is 0.0268. The summed E-state index contributed by atoms with van der Waals surface area (Å²) in [4.78, 5) is 25.1. The van der Waals surface area contributed by atoms with Gasteiger partial charge in [0, 0.05) is 18.6 Å². The van der Waals surface area contributed by atoms with Crippen LogP contribution in [-0.2, 0) is 16.8 Å². The highest BCUT2D eigenvalue weighted by molar-refractivity contribution is 8.12. The van der Waals surface area contributed by atoms with Crippen molar-refractivity contribution in [3.05, 3.63) is 29.5 Å². The lowest BCUT2D eigenvalue weighted by molar-refractivity contribution is 0.103. The van der Waals surface area contributed by atoms with Crippen molar-refractivity contribution in [3.63, 3.8) is 0 Å². The second kappa shape index (κ2) is 9.73. The molecule has 1 aromatic carbocycles. The van der Waals surface area contributed by atoms with E-state index in [9.17, 15) is 13.8 Å². The standard InChI is InChI=1S/C20H25N3O6S2/c1-23-19(29-20(25)30-4)14(12-21-23)17(24)13-8-9-15(27-2)16(18(13)28-3)22-31(26)10-6-5-7-11-31/h8-9,12H,5-7,10-11H2,1-4H3. The molecular weight excluding hydrogens is 442 g/mol. The largest absolute Gasteiger partial charge is 0.494 e. The molecule has 3 rings (SSSR count). The highest BCUT2D eigenvalue weighted by Gasteiger charge is 2.27. The lowest BCUT2D eigenvalue weighted by atomic mass is 10.0. The topological polar surface area (TPSA) is 109 Å². The molecule has 1 saturated heterocycles. The number of thioether (sulfide) groups is 1. The molecule has 168 valence electrons. The van der Waals surface area contributed by atoms with Gasteiger partial charge in [0.15, 0.2) is 11.4 Å². The number of hydrogen-bond acceptors (Lipinski definition) is 9. The lowest BCUT2D eigenvalue weighted by Crippen LogP contribution is -2.16. The van der Waals surface area contributed by atoms with E-state index in [-0.39, 0.29) is 28.4 Å². The van der Waals surface area contributed by atoms with Gasteiger partial charge in [-0.2, -0.15) is 9.46 Å². The van der Waals surface area contributed by atoms with Crippen LogP contribution in [0.2, 0.25) is 0 Å². The molecule has 0 atom stereocenters. The number of benzene rings is 1. The van der Waals surface area contributed by atoms with E-state index in [1.807, 2.05) is 0 Å². The molecule has 0 spiro atoms. The molecule has 0 saturated carbocycles. The first kappa shape index (κ1) is 23.1. The minimum atomic E-state index is -2.47. The van der Waals surface area contributed by atoms with Crippen LogP contribution in [0.3, 0.4) is 0 Å². The zero-order valence-electron chi connectivity index (χ0n) is 17.9. The second-order valence-electron chi connectivity index (χ2n) is 6.90. The normalized spacial score (nSPS) is 15.2. The van der Waals surface area contributed by atoms with Crippen LogP contribution in [0.5, 0.6) is 17.4 Å². The minimum Gasteiger partial charge on any atom is -0.494 e. The Bertz CT molecular complexity index is 1110. The average Bonchev–Trinajstić information content (AvgIpc) is 3.13. The number of aromatic nitrogens is 2. The van der Waals surface area contributed by atoms with Crippen LogP contribution in [0.15, 0.2) is 22.7 Å². The molecule has 0 amide bonds. The number of ether oxygens (including phenoxy) is 3. The van der Waals surface area contributed by atoms with Crippen molar-refractivity contribution in [2.24, 2.45) is 11.4 Å². The molecule has 9 nitrogen and oxygen atoms in total. The molecule has 2 heterocycles. The van der Waals surface area contributed by atoms with Crippen LogP contribution >= 0.6 is 11.8 Å². The van der Waals surface area contributed by atoms with Crippen molar-refractivity contribution >= 4 is 38.3 Å². The summed E-state index contributed by atoms with van der Waals surface area (Å²) < 4.78 is 35.3. The van der Waals surface area contributed by atoms with E-state index in [0.29, 0.717) is 17.3 Å². The van der Waals surface area contributed by atoms with E-state index in [0.717, 1.165) is 31.0 Å². The monoisotopic (exact) mass is 467 g/mol. The number of methoxy groups -OCH3 is 2. The molecule has 0 N–H and O–H groups in total. The fraction of sp³-hybridized carbons (Fsp3) is 0.450. The van der Waals surface area contributed by atoms with Gasteiger partial charge in [0.05, 0.1) is 35.7 Å². The second-order valence-corrected chi connectivity index (χ2v) is 10.2. The van der Waals surface area contributed by atoms with Crippen molar-refractivity contribution in [3.8, 4) is 17.4 Å². The molecule has 11 heteroatoms. The van der Waals surface area contributed by atoms with Crippen LogP contribution in [0.1, 0.15) is 35.2 Å². The van der Waals surface area contributed by atoms with Gasteiger partial charge < -0.3 is 14.2 Å². The van der Waals surface area contributed by atoms with E-state index in [4.69, 9.17) is 14.2 Å². The molecule has 0 aliphatic carbocycles. The quantitative estimate of drug-likeness (QED) is 0.466. The van der Waals surface area contributed by atoms with E-state index >= 15 is 0 Å². The number of nitrogens with zero attached hydrogens (tertiary/aromatic N) is 3. The van der Waals surface area contributed by atoms with E-state index in [1.165, 1.54) is 25.1 Å². The Morgan fingerprint density at radius 1 is 1.13 bits per heavy atom. The molecule has 2 aromatic rings. The summed E-state index contributed by atoms with van der Waals surface area (Å²) in [5.74, 6) is 1.07. The smallest absolute Gasteiger partial charge is 0.373 e. The Hall–Kier alpha value is -2.53. The van der Waals surface area contributed by atoms with Gasteiger partial charge in [-0.05, 0) is 43.0 Å². The van der Waals surface area contributed by atoms with Gasteiger partial charge in [0.1, 0.15) is 11.3 Å². The van der Waals surface area contributed by atoms with E-state index < -0.39 is 20.8 Å². The third-order valence-corrected chi connectivity index (χ3v) is 7.71. The molecule has 1 fully saturated rings. The van der Waals surface area contributed by atoms with Gasteiger partial charge in [0.25, 0.3) is 0 Å². The van der Waals surface area contributed by atoms with Crippen molar-refractivity contribution in [1.82, 2.24) is 9.78 Å². The Morgan fingerprint density at radius 3 is 2.45 bits per heavy atom. The number of hydrogen-bond donors (Lipinski definition) is 0. The van der Waals surface area contributed by atoms with Gasteiger partial charge in [-0.25, -0.2) is 13.7 Å². The summed E-state index contributed by atoms with van der Waals surface area (Å²) in [7, 11) is 1.98. The molecule has 0 bridgehead atoms. The number of carbonyl (C=O) groups is 2. The van der Waals surface area contributed by atoms with Gasteiger partial charge in [-0.15, -0.1) is 0 Å². The molecule has 1 aliphatic rings. The summed E-state index contributed by atoms with van der Waals surface area (Å²) in [6, 6.07) is 3.13. The van der Waals surface area contributed by atoms with Crippen LogP contribution < -0.4 is 14.2 Å². The van der Waals surface area contributed by atoms with Gasteiger partial charge >= 0.3 is 5.30 Å². The molecule has 31 heavy (non-hydrogen) atoms. The summed E-state index contributed by atoms with van der Waals surface area (Å²) in [6.45, 7) is 0. The fourth-order valence-corrected chi connectivity index (χ4v) is 5.72. The van der Waals surface area contributed by atoms with Crippen LogP contribution in [0.25, 0.3) is 0 Å². The van der Waals surface area contributed by atoms with Gasteiger partial charge in [-0.1, -0.05) is 6.42 Å². The molecule has 1 aliphatic heterocycles. The maximum absolute atomic E-state index is 13.4. The zero-order valence-corrected chi connectivity index (χ0v) is 19.5. The number of ketones is 1. The third-order valence-electron chi connectivity index (χ3n) is 4.92. The Balaban J connectivity index is 2.13. The number of carbonyl (C=O) groups excluding carboxylic acids is 2. The van der Waals surface area contributed by atoms with Gasteiger partial charge in [-0.3, -0.25) is 4.79 Å². The summed E-state index contributed by atoms with van der Waals surface area (Å²) in [6.07, 6.45) is 5.61. The SMILES string of the molecule is COc1ccc(C(=O)c2cnn(C)c2OC(=O)SC)c(OC)c1N=S1(=O)CCCCC1. The van der Waals surface area contributed by atoms with Crippen LogP contribution in [0.4, 0.5) is 10.5 Å². The lowest BCUT2D eigenvalue weighted by Gasteiger charge is -2.18. The van der Waals surface area contributed by atoms with Crippen molar-refractivity contribution < 1.29 is 28.0 Å². The highest BCUT2D eigenvalue weighted by atomic mass is 32.2.